The maximum atomic E-state index is 14.4. The highest BCUT2D eigenvalue weighted by molar-refractivity contribution is 6.77. The number of benzene rings is 1. The second-order valence-electron chi connectivity index (χ2n) is 11.6. The summed E-state index contributed by atoms with van der Waals surface area (Å²) in [4.78, 5) is 29.8. The van der Waals surface area contributed by atoms with Gasteiger partial charge in [0, 0.05) is 13.5 Å². The molecule has 0 N–H and O–H groups in total. The summed E-state index contributed by atoms with van der Waals surface area (Å²) in [7, 11) is 0.662. The number of esters is 1. The molecule has 204 valence electrons. The number of rotatable bonds is 8. The van der Waals surface area contributed by atoms with Gasteiger partial charge in [-0.15, -0.1) is 0 Å². The zero-order chi connectivity index (χ0) is 27.1. The van der Waals surface area contributed by atoms with Crippen LogP contribution in [0.1, 0.15) is 66.0 Å². The molecule has 0 radical (unpaired) electrons. The van der Waals surface area contributed by atoms with Crippen molar-refractivity contribution in [3.63, 3.8) is 0 Å². The van der Waals surface area contributed by atoms with Crippen LogP contribution in [0.3, 0.4) is 0 Å². The first-order chi connectivity index (χ1) is 17.5. The van der Waals surface area contributed by atoms with E-state index in [1.807, 2.05) is 36.4 Å². The van der Waals surface area contributed by atoms with Crippen molar-refractivity contribution < 1.29 is 28.2 Å². The van der Waals surface area contributed by atoms with Crippen molar-refractivity contribution in [2.24, 2.45) is 11.3 Å². The number of ether oxygens (including phenoxy) is 3. The minimum atomic E-state index is -2.24. The van der Waals surface area contributed by atoms with Gasteiger partial charge in [0.25, 0.3) is 8.32 Å². The molecule has 7 nitrogen and oxygen atoms in total. The molecule has 1 unspecified atom stereocenters. The number of carbonyl (C=O) groups excluding carboxylic acids is 2. The third-order valence-corrected chi connectivity index (χ3v) is 15.1. The fourth-order valence-corrected chi connectivity index (χ4v) is 12.7. The molecule has 1 aromatic rings. The van der Waals surface area contributed by atoms with Crippen LogP contribution in [-0.2, 0) is 28.2 Å². The SMILES string of the molecule is COC(=O)[C@@]12C(=O)N3[C@H](C[C@@H]1CC(O[Si](C(C)C)(C(C)C)C(C)C)=CC2OC)OC[C@H]3c1ccccc1. The molecule has 2 aliphatic heterocycles. The van der Waals surface area contributed by atoms with Crippen LogP contribution in [0.25, 0.3) is 0 Å². The van der Waals surface area contributed by atoms with E-state index in [2.05, 4.69) is 41.5 Å². The second kappa shape index (κ2) is 10.5. The van der Waals surface area contributed by atoms with Crippen LogP contribution in [0.4, 0.5) is 0 Å². The van der Waals surface area contributed by atoms with E-state index in [4.69, 9.17) is 18.6 Å². The van der Waals surface area contributed by atoms with Crippen LogP contribution in [0.5, 0.6) is 0 Å². The maximum Gasteiger partial charge on any atom is 0.324 e. The lowest BCUT2D eigenvalue weighted by Crippen LogP contribution is -2.66. The van der Waals surface area contributed by atoms with Crippen LogP contribution in [0.2, 0.25) is 16.6 Å². The number of hydrogen-bond acceptors (Lipinski definition) is 6. The summed E-state index contributed by atoms with van der Waals surface area (Å²) in [5.74, 6) is -0.361. The molecular formula is C29H43NO6Si. The minimum Gasteiger partial charge on any atom is -0.546 e. The summed E-state index contributed by atoms with van der Waals surface area (Å²) < 4.78 is 24.5. The standard InChI is InChI=1S/C29H43NO6Si/c1-18(2)37(19(3)4,20(5)6)36-23-14-22-15-26-30(24(17-35-26)21-12-10-9-11-13-21)27(31)29(22,28(32)34-8)25(16-23)33-7/h9-13,16,18-20,22,24-26H,14-15,17H2,1-8H3/t22-,24-,25?,26-,29-/m0/s1. The summed E-state index contributed by atoms with van der Waals surface area (Å²) in [6.07, 6.45) is 1.68. The van der Waals surface area contributed by atoms with Crippen LogP contribution in [0.15, 0.2) is 42.2 Å². The molecule has 5 atom stereocenters. The van der Waals surface area contributed by atoms with E-state index in [9.17, 15) is 9.59 Å². The van der Waals surface area contributed by atoms with Crippen LogP contribution in [0, 0.1) is 11.3 Å². The van der Waals surface area contributed by atoms with Crippen molar-refractivity contribution in [1.29, 1.82) is 0 Å². The number of carbonyl (C=O) groups is 2. The molecule has 1 amide bonds. The molecular weight excluding hydrogens is 486 g/mol. The number of hydrogen-bond donors (Lipinski definition) is 0. The van der Waals surface area contributed by atoms with Crippen molar-refractivity contribution in [1.82, 2.24) is 4.90 Å². The summed E-state index contributed by atoms with van der Waals surface area (Å²) in [5, 5.41) is 0. The Bertz CT molecular complexity index is 1000. The maximum absolute atomic E-state index is 14.4. The Morgan fingerprint density at radius 2 is 1.68 bits per heavy atom. The Labute approximate surface area is 222 Å². The molecule has 1 aliphatic carbocycles. The molecule has 0 bridgehead atoms. The molecule has 0 spiro atoms. The fourth-order valence-electron chi connectivity index (χ4n) is 7.43. The first-order valence-electron chi connectivity index (χ1n) is 13.6. The molecule has 2 fully saturated rings. The van der Waals surface area contributed by atoms with E-state index >= 15 is 0 Å². The Balaban J connectivity index is 1.78. The van der Waals surface area contributed by atoms with Gasteiger partial charge < -0.3 is 23.5 Å². The second-order valence-corrected chi connectivity index (χ2v) is 17.0. The van der Waals surface area contributed by atoms with Gasteiger partial charge in [-0.1, -0.05) is 71.9 Å². The van der Waals surface area contributed by atoms with Gasteiger partial charge in [0.1, 0.15) is 12.3 Å². The number of allylic oxidation sites excluding steroid dienone is 1. The summed E-state index contributed by atoms with van der Waals surface area (Å²) in [6, 6.07) is 9.58. The van der Waals surface area contributed by atoms with Crippen LogP contribution in [-0.4, -0.2) is 58.3 Å². The molecule has 2 heterocycles. The topological polar surface area (TPSA) is 74.3 Å². The van der Waals surface area contributed by atoms with Crippen LogP contribution < -0.4 is 0 Å². The number of amides is 1. The monoisotopic (exact) mass is 529 g/mol. The summed E-state index contributed by atoms with van der Waals surface area (Å²) in [6.45, 7) is 13.9. The van der Waals surface area contributed by atoms with Crippen LogP contribution >= 0.6 is 0 Å². The van der Waals surface area contributed by atoms with Gasteiger partial charge in [-0.05, 0) is 40.6 Å². The molecule has 3 aliphatic rings. The molecule has 8 heteroatoms. The van der Waals surface area contributed by atoms with E-state index in [1.165, 1.54) is 7.11 Å². The lowest BCUT2D eigenvalue weighted by molar-refractivity contribution is -0.194. The van der Waals surface area contributed by atoms with Gasteiger partial charge >= 0.3 is 5.97 Å². The van der Waals surface area contributed by atoms with Crippen molar-refractivity contribution in [2.45, 2.75) is 89.4 Å². The zero-order valence-electron chi connectivity index (χ0n) is 23.5. The average molecular weight is 530 g/mol. The molecule has 0 aromatic heterocycles. The lowest BCUT2D eigenvalue weighted by Gasteiger charge is -2.52. The van der Waals surface area contributed by atoms with Crippen molar-refractivity contribution in [2.75, 3.05) is 20.8 Å². The van der Waals surface area contributed by atoms with E-state index in [0.717, 1.165) is 11.3 Å². The quantitative estimate of drug-likeness (QED) is 0.248. The largest absolute Gasteiger partial charge is 0.546 e. The van der Waals surface area contributed by atoms with Crippen molar-refractivity contribution in [3.05, 3.63) is 47.7 Å². The van der Waals surface area contributed by atoms with E-state index in [-0.39, 0.29) is 17.9 Å². The minimum absolute atomic E-state index is 0.261. The Morgan fingerprint density at radius 1 is 1.05 bits per heavy atom. The number of nitrogens with zero attached hydrogens (tertiary/aromatic N) is 1. The van der Waals surface area contributed by atoms with Crippen molar-refractivity contribution >= 4 is 20.2 Å². The van der Waals surface area contributed by atoms with Gasteiger partial charge in [0.2, 0.25) is 5.91 Å². The highest BCUT2D eigenvalue weighted by atomic mass is 28.4. The molecule has 4 rings (SSSR count). The Kier molecular flexibility index (Phi) is 7.94. The van der Waals surface area contributed by atoms with Gasteiger partial charge in [-0.25, -0.2) is 0 Å². The van der Waals surface area contributed by atoms with Crippen molar-refractivity contribution in [3.8, 4) is 0 Å². The van der Waals surface area contributed by atoms with Gasteiger partial charge in [0.05, 0.1) is 25.5 Å². The molecule has 37 heavy (non-hydrogen) atoms. The number of piperidine rings is 1. The first kappa shape index (κ1) is 27.9. The molecule has 1 aromatic carbocycles. The highest BCUT2D eigenvalue weighted by Crippen LogP contribution is 2.55. The third kappa shape index (κ3) is 4.25. The first-order valence-corrected chi connectivity index (χ1v) is 15.7. The van der Waals surface area contributed by atoms with Gasteiger partial charge in [-0.2, -0.15) is 0 Å². The molecule has 0 saturated carbocycles. The smallest absolute Gasteiger partial charge is 0.324 e. The fraction of sp³-hybridized carbons (Fsp3) is 0.655. The normalized spacial score (nSPS) is 29.9. The Hall–Kier alpha value is -2.16. The highest BCUT2D eigenvalue weighted by Gasteiger charge is 2.67. The summed E-state index contributed by atoms with van der Waals surface area (Å²) >= 11 is 0. The lowest BCUT2D eigenvalue weighted by atomic mass is 9.61. The van der Waals surface area contributed by atoms with E-state index in [0.29, 0.717) is 36.1 Å². The Morgan fingerprint density at radius 3 is 2.22 bits per heavy atom. The molecule has 2 saturated heterocycles. The number of methoxy groups -OCH3 is 2. The van der Waals surface area contributed by atoms with E-state index in [1.54, 1.807) is 12.0 Å². The number of fused-ring (bicyclic) bond motifs is 2. The zero-order valence-corrected chi connectivity index (χ0v) is 24.5. The third-order valence-electron chi connectivity index (χ3n) is 9.02. The predicted molar refractivity (Wildman–Crippen MR) is 144 cm³/mol. The van der Waals surface area contributed by atoms with Gasteiger partial charge in [0.15, 0.2) is 5.41 Å². The van der Waals surface area contributed by atoms with E-state index < -0.39 is 32.0 Å². The van der Waals surface area contributed by atoms with Gasteiger partial charge in [-0.3, -0.25) is 9.59 Å². The average Bonchev–Trinajstić information content (AvgIpc) is 3.30. The summed E-state index contributed by atoms with van der Waals surface area (Å²) in [5.41, 5.74) is 0.702. The predicted octanol–water partition coefficient (Wildman–Crippen LogP) is 5.59.